The first kappa shape index (κ1) is 16.6. The molecule has 7 nitrogen and oxygen atoms in total. The van der Waals surface area contributed by atoms with E-state index in [2.05, 4.69) is 15.1 Å². The fourth-order valence-corrected chi connectivity index (χ4v) is 2.58. The lowest BCUT2D eigenvalue weighted by Crippen LogP contribution is -2.14. The van der Waals surface area contributed by atoms with E-state index in [1.54, 1.807) is 18.0 Å². The number of hydrogen-bond acceptors (Lipinski definition) is 5. The van der Waals surface area contributed by atoms with Crippen molar-refractivity contribution in [1.29, 1.82) is 0 Å². The molecule has 25 heavy (non-hydrogen) atoms. The Hall–Kier alpha value is -3.22. The van der Waals surface area contributed by atoms with Gasteiger partial charge in [0, 0.05) is 18.8 Å². The number of primary amides is 1. The van der Waals surface area contributed by atoms with Gasteiger partial charge in [-0.15, -0.1) is 0 Å². The summed E-state index contributed by atoms with van der Waals surface area (Å²) in [6, 6.07) is 11.5. The van der Waals surface area contributed by atoms with E-state index >= 15 is 0 Å². The molecule has 2 heterocycles. The smallest absolute Gasteiger partial charge is 0.225 e. The number of ether oxygens (including phenoxy) is 1. The first-order chi connectivity index (χ1) is 12.2. The summed E-state index contributed by atoms with van der Waals surface area (Å²) in [5.74, 6) is 1.36. The molecule has 128 valence electrons. The second-order valence-electron chi connectivity index (χ2n) is 5.53. The standard InChI is InChI=1S/C18H19N5O2/c1-25-15-7-3-2-6-14(15)23-18(21-17(22-23)11-16(19)24)9-8-13-5-4-10-20-12-13/h2-7,10,12H,8-9,11H2,1H3,(H2,19,24). The van der Waals surface area contributed by atoms with Crippen LogP contribution in [0.2, 0.25) is 0 Å². The summed E-state index contributed by atoms with van der Waals surface area (Å²) in [6.07, 6.45) is 4.98. The molecule has 0 aliphatic heterocycles. The number of hydrogen-bond donors (Lipinski definition) is 1. The van der Waals surface area contributed by atoms with E-state index in [1.165, 1.54) is 0 Å². The summed E-state index contributed by atoms with van der Waals surface area (Å²) >= 11 is 0. The third kappa shape index (κ3) is 4.00. The molecule has 7 heteroatoms. The molecular weight excluding hydrogens is 318 g/mol. The molecule has 0 saturated carbocycles. The Balaban J connectivity index is 1.94. The maximum atomic E-state index is 11.2. The van der Waals surface area contributed by atoms with E-state index < -0.39 is 5.91 Å². The van der Waals surface area contributed by atoms with Crippen LogP contribution < -0.4 is 10.5 Å². The summed E-state index contributed by atoms with van der Waals surface area (Å²) in [5.41, 5.74) is 7.16. The van der Waals surface area contributed by atoms with E-state index in [1.807, 2.05) is 42.6 Å². The van der Waals surface area contributed by atoms with Gasteiger partial charge in [-0.1, -0.05) is 18.2 Å². The normalized spacial score (nSPS) is 10.6. The number of carbonyl (C=O) groups excluding carboxylic acids is 1. The predicted molar refractivity (Wildman–Crippen MR) is 92.5 cm³/mol. The molecule has 2 N–H and O–H groups in total. The van der Waals surface area contributed by atoms with Gasteiger partial charge >= 0.3 is 0 Å². The zero-order chi connectivity index (χ0) is 17.6. The molecule has 0 saturated heterocycles. The van der Waals surface area contributed by atoms with Gasteiger partial charge in [0.2, 0.25) is 5.91 Å². The second kappa shape index (κ2) is 7.57. The number of aromatic nitrogens is 4. The Morgan fingerprint density at radius 3 is 2.76 bits per heavy atom. The third-order valence-electron chi connectivity index (χ3n) is 3.72. The van der Waals surface area contributed by atoms with Crippen molar-refractivity contribution in [3.8, 4) is 11.4 Å². The quantitative estimate of drug-likeness (QED) is 0.704. The van der Waals surface area contributed by atoms with Crippen LogP contribution in [0.15, 0.2) is 48.8 Å². The minimum Gasteiger partial charge on any atom is -0.494 e. The van der Waals surface area contributed by atoms with E-state index in [4.69, 9.17) is 10.5 Å². The van der Waals surface area contributed by atoms with Crippen molar-refractivity contribution < 1.29 is 9.53 Å². The van der Waals surface area contributed by atoms with Gasteiger partial charge < -0.3 is 10.5 Å². The van der Waals surface area contributed by atoms with Crippen LogP contribution in [0, 0.1) is 0 Å². The Kier molecular flexibility index (Phi) is 5.03. The zero-order valence-electron chi connectivity index (χ0n) is 13.9. The highest BCUT2D eigenvalue weighted by molar-refractivity contribution is 5.75. The number of amides is 1. The van der Waals surface area contributed by atoms with Crippen molar-refractivity contribution in [2.45, 2.75) is 19.3 Å². The molecule has 3 rings (SSSR count). The molecule has 2 aromatic heterocycles. The number of rotatable bonds is 7. The lowest BCUT2D eigenvalue weighted by molar-refractivity contribution is -0.117. The number of nitrogens with zero attached hydrogens (tertiary/aromatic N) is 4. The molecule has 0 unspecified atom stereocenters. The average molecular weight is 337 g/mol. The van der Waals surface area contributed by atoms with Crippen LogP contribution in [0.3, 0.4) is 0 Å². The molecular formula is C18H19N5O2. The zero-order valence-corrected chi connectivity index (χ0v) is 13.9. The van der Waals surface area contributed by atoms with Crippen molar-refractivity contribution in [2.24, 2.45) is 5.73 Å². The molecule has 0 bridgehead atoms. The van der Waals surface area contributed by atoms with Gasteiger partial charge in [0.15, 0.2) is 5.82 Å². The van der Waals surface area contributed by atoms with Crippen LogP contribution in [-0.2, 0) is 24.1 Å². The molecule has 0 spiro atoms. The van der Waals surface area contributed by atoms with E-state index in [0.29, 0.717) is 18.0 Å². The van der Waals surface area contributed by atoms with Gasteiger partial charge in [-0.3, -0.25) is 9.78 Å². The Labute approximate surface area is 145 Å². The van der Waals surface area contributed by atoms with E-state index in [9.17, 15) is 4.79 Å². The van der Waals surface area contributed by atoms with Crippen LogP contribution in [-0.4, -0.2) is 32.8 Å². The SMILES string of the molecule is COc1ccccc1-n1nc(CC(N)=O)nc1CCc1cccnc1. The van der Waals surface area contributed by atoms with Gasteiger partial charge in [-0.05, 0) is 30.2 Å². The number of methoxy groups -OCH3 is 1. The van der Waals surface area contributed by atoms with Gasteiger partial charge in [-0.25, -0.2) is 9.67 Å². The minimum atomic E-state index is -0.462. The van der Waals surface area contributed by atoms with Gasteiger partial charge in [-0.2, -0.15) is 5.10 Å². The van der Waals surface area contributed by atoms with Gasteiger partial charge in [0.25, 0.3) is 0 Å². The summed E-state index contributed by atoms with van der Waals surface area (Å²) in [4.78, 5) is 19.8. The molecule has 0 atom stereocenters. The predicted octanol–water partition coefficient (Wildman–Crippen LogP) is 1.48. The number of nitrogens with two attached hydrogens (primary N) is 1. The average Bonchev–Trinajstić information content (AvgIpc) is 3.02. The Morgan fingerprint density at radius 1 is 1.20 bits per heavy atom. The fourth-order valence-electron chi connectivity index (χ4n) is 2.58. The largest absolute Gasteiger partial charge is 0.494 e. The highest BCUT2D eigenvalue weighted by Gasteiger charge is 2.16. The van der Waals surface area contributed by atoms with Crippen molar-refractivity contribution in [3.63, 3.8) is 0 Å². The highest BCUT2D eigenvalue weighted by atomic mass is 16.5. The van der Waals surface area contributed by atoms with Gasteiger partial charge in [0.1, 0.15) is 17.3 Å². The molecule has 0 aliphatic rings. The Bertz CT molecular complexity index is 861. The summed E-state index contributed by atoms with van der Waals surface area (Å²) < 4.78 is 7.13. The monoisotopic (exact) mass is 337 g/mol. The summed E-state index contributed by atoms with van der Waals surface area (Å²) in [6.45, 7) is 0. The first-order valence-corrected chi connectivity index (χ1v) is 7.93. The Morgan fingerprint density at radius 2 is 2.04 bits per heavy atom. The van der Waals surface area contributed by atoms with Crippen LogP contribution in [0.25, 0.3) is 5.69 Å². The summed E-state index contributed by atoms with van der Waals surface area (Å²) in [7, 11) is 1.61. The second-order valence-corrected chi connectivity index (χ2v) is 5.53. The first-order valence-electron chi connectivity index (χ1n) is 7.93. The van der Waals surface area contributed by atoms with Crippen molar-refractivity contribution in [3.05, 3.63) is 66.0 Å². The van der Waals surface area contributed by atoms with Gasteiger partial charge in [0.05, 0.1) is 13.5 Å². The third-order valence-corrected chi connectivity index (χ3v) is 3.72. The van der Waals surface area contributed by atoms with Crippen molar-refractivity contribution in [1.82, 2.24) is 19.7 Å². The summed E-state index contributed by atoms with van der Waals surface area (Å²) in [5, 5.41) is 4.45. The van der Waals surface area contributed by atoms with Crippen LogP contribution in [0.4, 0.5) is 0 Å². The maximum absolute atomic E-state index is 11.2. The molecule has 1 amide bonds. The van der Waals surface area contributed by atoms with E-state index in [-0.39, 0.29) is 6.42 Å². The number of carbonyl (C=O) groups is 1. The highest BCUT2D eigenvalue weighted by Crippen LogP contribution is 2.23. The van der Waals surface area contributed by atoms with Crippen LogP contribution in [0.5, 0.6) is 5.75 Å². The van der Waals surface area contributed by atoms with Crippen LogP contribution >= 0.6 is 0 Å². The lowest BCUT2D eigenvalue weighted by Gasteiger charge is -2.10. The van der Waals surface area contributed by atoms with Crippen molar-refractivity contribution >= 4 is 5.91 Å². The fraction of sp³-hybridized carbons (Fsp3) is 0.222. The number of para-hydroxylation sites is 2. The maximum Gasteiger partial charge on any atom is 0.225 e. The van der Waals surface area contributed by atoms with Crippen molar-refractivity contribution in [2.75, 3.05) is 7.11 Å². The number of benzene rings is 1. The number of pyridine rings is 1. The topological polar surface area (TPSA) is 95.9 Å². The molecule has 0 fully saturated rings. The molecule has 0 radical (unpaired) electrons. The molecule has 3 aromatic rings. The lowest BCUT2D eigenvalue weighted by atomic mass is 10.1. The molecule has 0 aliphatic carbocycles. The minimum absolute atomic E-state index is 0.00203. The van der Waals surface area contributed by atoms with E-state index in [0.717, 1.165) is 23.5 Å². The number of aryl methyl sites for hydroxylation is 2. The molecule has 1 aromatic carbocycles. The van der Waals surface area contributed by atoms with Crippen LogP contribution in [0.1, 0.15) is 17.2 Å².